The molecular weight excluding hydrogens is 434 g/mol. The van der Waals surface area contributed by atoms with Gasteiger partial charge in [-0.2, -0.15) is 0 Å². The van der Waals surface area contributed by atoms with E-state index in [1.807, 2.05) is 60.7 Å². The van der Waals surface area contributed by atoms with Gasteiger partial charge in [0.1, 0.15) is 18.2 Å². The predicted octanol–water partition coefficient (Wildman–Crippen LogP) is 5.53. The molecule has 0 aliphatic heterocycles. The van der Waals surface area contributed by atoms with Crippen molar-refractivity contribution in [3.05, 3.63) is 108 Å². The number of carbonyl (C=O) groups is 1. The highest BCUT2D eigenvalue weighted by Gasteiger charge is 2.11. The van der Waals surface area contributed by atoms with E-state index < -0.39 is 0 Å². The fourth-order valence-electron chi connectivity index (χ4n) is 4.25. The molecule has 3 aromatic carbocycles. The van der Waals surface area contributed by atoms with Crippen LogP contribution in [0.4, 0.5) is 0 Å². The van der Waals surface area contributed by atoms with Crippen LogP contribution in [-0.2, 0) is 30.6 Å². The van der Waals surface area contributed by atoms with Gasteiger partial charge in [0.05, 0.1) is 17.6 Å². The van der Waals surface area contributed by atoms with Crippen LogP contribution in [0.5, 0.6) is 5.75 Å². The Bertz CT molecular complexity index is 1250. The van der Waals surface area contributed by atoms with E-state index in [1.165, 1.54) is 5.56 Å². The summed E-state index contributed by atoms with van der Waals surface area (Å²) in [6.45, 7) is 5.74. The Hall–Kier alpha value is -3.86. The average molecular weight is 468 g/mol. The summed E-state index contributed by atoms with van der Waals surface area (Å²) in [4.78, 5) is 17.1. The lowest BCUT2D eigenvalue weighted by Crippen LogP contribution is -2.25. The molecule has 0 saturated carbocycles. The average Bonchev–Trinajstić information content (AvgIpc) is 3.24. The number of para-hydroxylation sites is 3. The molecule has 0 unspecified atom stereocenters. The number of nitrogens with one attached hydrogen (secondary N) is 1. The summed E-state index contributed by atoms with van der Waals surface area (Å²) in [5, 5.41) is 3.05. The number of aryl methyl sites for hydroxylation is 2. The maximum Gasteiger partial charge on any atom is 0.220 e. The van der Waals surface area contributed by atoms with Gasteiger partial charge in [-0.1, -0.05) is 66.7 Å². The Morgan fingerprint density at radius 2 is 1.74 bits per heavy atom. The van der Waals surface area contributed by atoms with Gasteiger partial charge in [-0.3, -0.25) is 4.79 Å². The third-order valence-electron chi connectivity index (χ3n) is 6.03. The Kier molecular flexibility index (Phi) is 8.71. The van der Waals surface area contributed by atoms with E-state index in [4.69, 9.17) is 9.72 Å². The van der Waals surface area contributed by atoms with Crippen LogP contribution in [0.25, 0.3) is 11.0 Å². The van der Waals surface area contributed by atoms with Crippen LogP contribution >= 0.6 is 0 Å². The van der Waals surface area contributed by atoms with E-state index in [0.29, 0.717) is 26.1 Å². The molecule has 0 spiro atoms. The first-order valence-electron chi connectivity index (χ1n) is 12.3. The first-order chi connectivity index (χ1) is 17.2. The van der Waals surface area contributed by atoms with Crippen LogP contribution in [0.1, 0.15) is 29.8 Å². The minimum absolute atomic E-state index is 0.0916. The van der Waals surface area contributed by atoms with Crippen molar-refractivity contribution in [2.45, 2.75) is 38.6 Å². The van der Waals surface area contributed by atoms with Gasteiger partial charge in [0.15, 0.2) is 0 Å². The number of amides is 1. The molecule has 0 saturated heterocycles. The van der Waals surface area contributed by atoms with Crippen molar-refractivity contribution in [2.75, 3.05) is 13.2 Å². The van der Waals surface area contributed by atoms with E-state index >= 15 is 0 Å². The van der Waals surface area contributed by atoms with Crippen molar-refractivity contribution < 1.29 is 9.53 Å². The maximum absolute atomic E-state index is 12.2. The number of benzene rings is 3. The van der Waals surface area contributed by atoms with E-state index in [9.17, 15) is 4.79 Å². The minimum Gasteiger partial charge on any atom is -0.491 e. The van der Waals surface area contributed by atoms with E-state index in [0.717, 1.165) is 53.9 Å². The number of hydrogen-bond donors (Lipinski definition) is 1. The molecule has 4 aromatic rings. The summed E-state index contributed by atoms with van der Waals surface area (Å²) in [6, 6.07) is 26.4. The van der Waals surface area contributed by atoms with Gasteiger partial charge >= 0.3 is 0 Å². The van der Waals surface area contributed by atoms with Crippen LogP contribution in [0.3, 0.4) is 0 Å². The fourth-order valence-corrected chi connectivity index (χ4v) is 4.25. The molecule has 4 rings (SSSR count). The molecule has 1 aromatic heterocycles. The number of ether oxygens (including phenoxy) is 1. The number of fused-ring (bicyclic) bond motifs is 1. The Labute approximate surface area is 207 Å². The SMILES string of the molecule is C=CCc1ccccc1OCCn1c(CCCNC(=O)CCc2ccccc2)nc2ccccc21. The van der Waals surface area contributed by atoms with Gasteiger partial charge < -0.3 is 14.6 Å². The molecule has 0 bridgehead atoms. The van der Waals surface area contributed by atoms with Crippen molar-refractivity contribution >= 4 is 16.9 Å². The molecule has 0 atom stereocenters. The van der Waals surface area contributed by atoms with E-state index in [1.54, 1.807) is 0 Å². The summed E-state index contributed by atoms with van der Waals surface area (Å²) in [5.74, 6) is 2.01. The first kappa shape index (κ1) is 24.3. The number of hydrogen-bond acceptors (Lipinski definition) is 3. The van der Waals surface area contributed by atoms with Gasteiger partial charge in [-0.25, -0.2) is 4.98 Å². The van der Waals surface area contributed by atoms with Crippen molar-refractivity contribution in [1.29, 1.82) is 0 Å². The van der Waals surface area contributed by atoms with E-state index in [-0.39, 0.29) is 5.91 Å². The van der Waals surface area contributed by atoms with Crippen molar-refractivity contribution in [3.63, 3.8) is 0 Å². The van der Waals surface area contributed by atoms with Crippen molar-refractivity contribution in [1.82, 2.24) is 14.9 Å². The van der Waals surface area contributed by atoms with Gasteiger partial charge in [-0.15, -0.1) is 6.58 Å². The lowest BCUT2D eigenvalue weighted by molar-refractivity contribution is -0.121. The van der Waals surface area contributed by atoms with Gasteiger partial charge in [0.25, 0.3) is 0 Å². The molecule has 35 heavy (non-hydrogen) atoms. The number of allylic oxidation sites excluding steroid dienone is 1. The number of imidazole rings is 1. The summed E-state index contributed by atoms with van der Waals surface area (Å²) < 4.78 is 8.37. The van der Waals surface area contributed by atoms with Crippen LogP contribution < -0.4 is 10.1 Å². The molecule has 0 radical (unpaired) electrons. The molecule has 1 amide bonds. The summed E-state index contributed by atoms with van der Waals surface area (Å²) in [7, 11) is 0. The maximum atomic E-state index is 12.2. The van der Waals surface area contributed by atoms with E-state index in [2.05, 4.69) is 40.7 Å². The third-order valence-corrected chi connectivity index (χ3v) is 6.03. The van der Waals surface area contributed by atoms with Crippen molar-refractivity contribution in [3.8, 4) is 5.75 Å². The normalized spacial score (nSPS) is 10.9. The lowest BCUT2D eigenvalue weighted by atomic mass is 10.1. The minimum atomic E-state index is 0.0916. The summed E-state index contributed by atoms with van der Waals surface area (Å²) in [6.07, 6.45) is 5.58. The standard InChI is InChI=1S/C30H33N3O2/c1-2-11-25-14-6-9-17-28(25)35-23-22-33-27-16-8-7-15-26(27)32-29(33)18-10-21-31-30(34)20-19-24-12-4-3-5-13-24/h2-9,12-17H,1,10-11,18-23H2,(H,31,34). The van der Waals surface area contributed by atoms with Crippen LogP contribution in [0.15, 0.2) is 91.5 Å². The fraction of sp³-hybridized carbons (Fsp3) is 0.267. The largest absolute Gasteiger partial charge is 0.491 e. The number of carbonyl (C=O) groups excluding carboxylic acids is 1. The van der Waals surface area contributed by atoms with Gasteiger partial charge in [0, 0.05) is 19.4 Å². The number of rotatable bonds is 13. The molecule has 0 aliphatic carbocycles. The van der Waals surface area contributed by atoms with Crippen molar-refractivity contribution in [2.24, 2.45) is 0 Å². The second-order valence-electron chi connectivity index (χ2n) is 8.56. The molecule has 0 fully saturated rings. The summed E-state index contributed by atoms with van der Waals surface area (Å²) in [5.41, 5.74) is 4.42. The second-order valence-corrected chi connectivity index (χ2v) is 8.56. The highest BCUT2D eigenvalue weighted by Crippen LogP contribution is 2.20. The van der Waals surface area contributed by atoms with Gasteiger partial charge in [0.2, 0.25) is 5.91 Å². The highest BCUT2D eigenvalue weighted by atomic mass is 16.5. The quantitative estimate of drug-likeness (QED) is 0.208. The lowest BCUT2D eigenvalue weighted by Gasteiger charge is -2.13. The topological polar surface area (TPSA) is 56.1 Å². The van der Waals surface area contributed by atoms with Gasteiger partial charge in [-0.05, 0) is 48.6 Å². The van der Waals surface area contributed by atoms with Crippen LogP contribution in [0, 0.1) is 0 Å². The molecule has 180 valence electrons. The molecular formula is C30H33N3O2. The second kappa shape index (κ2) is 12.6. The number of aromatic nitrogens is 2. The zero-order chi connectivity index (χ0) is 24.3. The Morgan fingerprint density at radius 3 is 2.60 bits per heavy atom. The summed E-state index contributed by atoms with van der Waals surface area (Å²) >= 11 is 0. The molecule has 1 N–H and O–H groups in total. The first-order valence-corrected chi connectivity index (χ1v) is 12.3. The zero-order valence-electron chi connectivity index (χ0n) is 20.2. The molecule has 0 aliphatic rings. The molecule has 5 heteroatoms. The Balaban J connectivity index is 1.31. The monoisotopic (exact) mass is 467 g/mol. The van der Waals surface area contributed by atoms with Crippen LogP contribution in [0.2, 0.25) is 0 Å². The zero-order valence-corrected chi connectivity index (χ0v) is 20.2. The Morgan fingerprint density at radius 1 is 0.971 bits per heavy atom. The molecule has 1 heterocycles. The smallest absolute Gasteiger partial charge is 0.220 e. The predicted molar refractivity (Wildman–Crippen MR) is 142 cm³/mol. The highest BCUT2D eigenvalue weighted by molar-refractivity contribution is 5.76. The molecule has 5 nitrogen and oxygen atoms in total. The third kappa shape index (κ3) is 6.82. The number of nitrogens with zero attached hydrogens (tertiary/aromatic N) is 2. The van der Waals surface area contributed by atoms with Crippen LogP contribution in [-0.4, -0.2) is 28.6 Å².